The predicted octanol–water partition coefficient (Wildman–Crippen LogP) is 3.20. The molecule has 3 heterocycles. The number of allylic oxidation sites excluding steroid dienone is 2. The molecule has 8 nitrogen and oxygen atoms in total. The van der Waals surface area contributed by atoms with Crippen LogP contribution in [0.5, 0.6) is 0 Å². The van der Waals surface area contributed by atoms with Crippen molar-refractivity contribution in [2.24, 2.45) is 0 Å². The third-order valence-corrected chi connectivity index (χ3v) is 6.03. The summed E-state index contributed by atoms with van der Waals surface area (Å²) in [6.45, 7) is 11.1. The van der Waals surface area contributed by atoms with Crippen LogP contribution in [-0.4, -0.2) is 67.4 Å². The molecule has 1 amide bonds. The minimum absolute atomic E-state index is 0.0185. The summed E-state index contributed by atoms with van der Waals surface area (Å²) in [7, 11) is 0. The summed E-state index contributed by atoms with van der Waals surface area (Å²) in [5.74, 6) is -0.438. The monoisotopic (exact) mass is 465 g/mol. The van der Waals surface area contributed by atoms with E-state index in [0.717, 1.165) is 25.0 Å². The fourth-order valence-electron chi connectivity index (χ4n) is 4.49. The quantitative estimate of drug-likeness (QED) is 0.317. The molecule has 3 saturated heterocycles. The average molecular weight is 466 g/mol. The van der Waals surface area contributed by atoms with Crippen LogP contribution in [0.2, 0.25) is 0 Å². The van der Waals surface area contributed by atoms with Gasteiger partial charge in [0, 0.05) is 32.6 Å². The van der Waals surface area contributed by atoms with Crippen LogP contribution in [0.3, 0.4) is 0 Å². The number of ether oxygens (including phenoxy) is 5. The van der Waals surface area contributed by atoms with Crippen LogP contribution in [0.25, 0.3) is 0 Å². The van der Waals surface area contributed by atoms with E-state index in [1.54, 1.807) is 6.92 Å². The number of amides is 1. The lowest BCUT2D eigenvalue weighted by molar-refractivity contribution is -0.188. The van der Waals surface area contributed by atoms with Crippen molar-refractivity contribution >= 4 is 11.9 Å². The first-order valence-corrected chi connectivity index (χ1v) is 11.9. The van der Waals surface area contributed by atoms with Gasteiger partial charge in [-0.3, -0.25) is 9.59 Å². The van der Waals surface area contributed by atoms with E-state index in [2.05, 4.69) is 44.3 Å². The Hall–Kier alpha value is -1.74. The topological polar surface area (TPSA) is 95.6 Å². The Balaban J connectivity index is 1.33. The minimum atomic E-state index is -0.338. The minimum Gasteiger partial charge on any atom is -0.463 e. The summed E-state index contributed by atoms with van der Waals surface area (Å²) in [4.78, 5) is 23.0. The van der Waals surface area contributed by atoms with Crippen LogP contribution in [0, 0.1) is 0 Å². The summed E-state index contributed by atoms with van der Waals surface area (Å²) in [5, 5.41) is 2.91. The van der Waals surface area contributed by atoms with Crippen molar-refractivity contribution in [3.8, 4) is 0 Å². The highest BCUT2D eigenvalue weighted by Gasteiger charge is 2.53. The summed E-state index contributed by atoms with van der Waals surface area (Å²) in [6.07, 6.45) is 9.03. The lowest BCUT2D eigenvalue weighted by Gasteiger charge is -2.38. The number of carbonyl (C=O) groups excluding carboxylic acids is 2. The molecule has 3 atom stereocenters. The number of rotatable bonds is 9. The van der Waals surface area contributed by atoms with Crippen LogP contribution < -0.4 is 5.32 Å². The Morgan fingerprint density at radius 3 is 2.55 bits per heavy atom. The molecule has 0 bridgehead atoms. The number of hydrogen-bond acceptors (Lipinski definition) is 7. The van der Waals surface area contributed by atoms with E-state index in [9.17, 15) is 9.59 Å². The lowest BCUT2D eigenvalue weighted by Crippen LogP contribution is -2.47. The Labute approximate surface area is 197 Å². The van der Waals surface area contributed by atoms with Gasteiger partial charge in [-0.25, -0.2) is 0 Å². The standard InChI is InChI=1S/C25H39NO7/c1-17(6-9-21-12-25(16-31-25)15-24(4,5)33-21)7-11-23-29-13-20(14-30-23)26-22(28)10-8-18(2)32-19(3)27/h6-7,9,18,20-21,23H,8,10-16H2,1-5H3,(H,26,28)/b9-6+,17-7+/t18-,20?,21+,23?,25+/m0/s1. The molecule has 3 fully saturated rings. The third kappa shape index (κ3) is 8.85. The van der Waals surface area contributed by atoms with Crippen molar-refractivity contribution in [1.82, 2.24) is 5.32 Å². The first kappa shape index (κ1) is 25.9. The molecule has 3 aliphatic heterocycles. The molecule has 186 valence electrons. The van der Waals surface area contributed by atoms with Crippen molar-refractivity contribution in [2.75, 3.05) is 19.8 Å². The van der Waals surface area contributed by atoms with Crippen molar-refractivity contribution < 1.29 is 33.3 Å². The predicted molar refractivity (Wildman–Crippen MR) is 122 cm³/mol. The molecule has 0 unspecified atom stereocenters. The van der Waals surface area contributed by atoms with Gasteiger partial charge in [0.05, 0.1) is 49.3 Å². The summed E-state index contributed by atoms with van der Waals surface area (Å²) >= 11 is 0. The highest BCUT2D eigenvalue weighted by molar-refractivity contribution is 5.76. The molecule has 3 rings (SSSR count). The van der Waals surface area contributed by atoms with Crippen molar-refractivity contribution in [1.29, 1.82) is 0 Å². The maximum Gasteiger partial charge on any atom is 0.302 e. The molecule has 0 radical (unpaired) electrons. The largest absolute Gasteiger partial charge is 0.463 e. The molecule has 3 aliphatic rings. The van der Waals surface area contributed by atoms with Crippen LogP contribution in [-0.2, 0) is 33.3 Å². The molecular formula is C25H39NO7. The Bertz CT molecular complexity index is 742. The van der Waals surface area contributed by atoms with Crippen LogP contribution in [0.15, 0.2) is 23.8 Å². The summed E-state index contributed by atoms with van der Waals surface area (Å²) in [6, 6.07) is -0.175. The molecule has 0 aliphatic carbocycles. The van der Waals surface area contributed by atoms with Gasteiger partial charge in [0.1, 0.15) is 0 Å². The number of carbonyl (C=O) groups is 2. The molecule has 0 aromatic rings. The molecule has 33 heavy (non-hydrogen) atoms. The van der Waals surface area contributed by atoms with E-state index >= 15 is 0 Å². The average Bonchev–Trinajstić information content (AvgIpc) is 3.46. The Morgan fingerprint density at radius 2 is 1.91 bits per heavy atom. The molecule has 1 spiro atoms. The summed E-state index contributed by atoms with van der Waals surface area (Å²) < 4.78 is 28.4. The van der Waals surface area contributed by atoms with Gasteiger partial charge < -0.3 is 29.0 Å². The second kappa shape index (κ2) is 11.1. The van der Waals surface area contributed by atoms with Crippen LogP contribution in [0.1, 0.15) is 66.7 Å². The fraction of sp³-hybridized carbons (Fsp3) is 0.760. The third-order valence-electron chi connectivity index (χ3n) is 6.03. The SMILES string of the molecule is CC(=O)O[C@@H](C)CCC(=O)NC1COC(C/C=C(C)/C=C/[C@@H]2C[C@]3(CO3)CC(C)(C)O2)OC1. The lowest BCUT2D eigenvalue weighted by atomic mass is 9.85. The van der Waals surface area contributed by atoms with E-state index < -0.39 is 0 Å². The molecule has 8 heteroatoms. The maximum atomic E-state index is 12.1. The number of nitrogens with one attached hydrogen (secondary N) is 1. The first-order valence-electron chi connectivity index (χ1n) is 11.9. The zero-order chi connectivity index (χ0) is 24.1. The van der Waals surface area contributed by atoms with Gasteiger partial charge in [0.15, 0.2) is 6.29 Å². The van der Waals surface area contributed by atoms with Gasteiger partial charge >= 0.3 is 5.97 Å². The fourth-order valence-corrected chi connectivity index (χ4v) is 4.49. The van der Waals surface area contributed by atoms with E-state index in [1.807, 2.05) is 0 Å². The molecular weight excluding hydrogens is 426 g/mol. The highest BCUT2D eigenvalue weighted by atomic mass is 16.7. The molecule has 0 aromatic carbocycles. The van der Waals surface area contributed by atoms with E-state index in [1.165, 1.54) is 6.92 Å². The highest BCUT2D eigenvalue weighted by Crippen LogP contribution is 2.46. The smallest absolute Gasteiger partial charge is 0.302 e. The number of epoxide rings is 1. The van der Waals surface area contributed by atoms with E-state index in [-0.39, 0.29) is 54.0 Å². The maximum absolute atomic E-state index is 12.1. The van der Waals surface area contributed by atoms with Gasteiger partial charge in [-0.05, 0) is 34.1 Å². The van der Waals surface area contributed by atoms with Gasteiger partial charge in [0.2, 0.25) is 5.91 Å². The van der Waals surface area contributed by atoms with Gasteiger partial charge in [-0.1, -0.05) is 23.8 Å². The zero-order valence-electron chi connectivity index (χ0n) is 20.6. The van der Waals surface area contributed by atoms with Crippen molar-refractivity contribution in [3.05, 3.63) is 23.8 Å². The molecule has 0 aromatic heterocycles. The normalized spacial score (nSPS) is 32.5. The molecule has 1 N–H and O–H groups in total. The Morgan fingerprint density at radius 1 is 1.21 bits per heavy atom. The zero-order valence-corrected chi connectivity index (χ0v) is 20.6. The summed E-state index contributed by atoms with van der Waals surface area (Å²) in [5.41, 5.74) is 0.972. The number of esters is 1. The van der Waals surface area contributed by atoms with E-state index in [0.29, 0.717) is 26.1 Å². The molecule has 0 saturated carbocycles. The Kier molecular flexibility index (Phi) is 8.72. The van der Waals surface area contributed by atoms with Gasteiger partial charge in [-0.2, -0.15) is 0 Å². The van der Waals surface area contributed by atoms with Crippen LogP contribution in [0.4, 0.5) is 0 Å². The van der Waals surface area contributed by atoms with Crippen LogP contribution >= 0.6 is 0 Å². The van der Waals surface area contributed by atoms with Crippen molar-refractivity contribution in [3.63, 3.8) is 0 Å². The second-order valence-electron chi connectivity index (χ2n) is 10.1. The van der Waals surface area contributed by atoms with E-state index in [4.69, 9.17) is 23.7 Å². The second-order valence-corrected chi connectivity index (χ2v) is 10.1. The number of hydrogen-bond donors (Lipinski definition) is 1. The first-order chi connectivity index (χ1) is 15.5. The van der Waals surface area contributed by atoms with Gasteiger partial charge in [-0.15, -0.1) is 0 Å². The van der Waals surface area contributed by atoms with Gasteiger partial charge in [0.25, 0.3) is 0 Å². The van der Waals surface area contributed by atoms with Crippen molar-refractivity contribution in [2.45, 2.75) is 102 Å².